The zero-order valence-corrected chi connectivity index (χ0v) is 16.4. The summed E-state index contributed by atoms with van der Waals surface area (Å²) in [5, 5.41) is 17.6. The Morgan fingerprint density at radius 1 is 1.20 bits per heavy atom. The predicted octanol–water partition coefficient (Wildman–Crippen LogP) is 2.80. The molecular weight excluding hydrogens is 410 g/mol. The number of halogens is 1. The van der Waals surface area contributed by atoms with E-state index in [1.807, 2.05) is 24.3 Å². The lowest BCUT2D eigenvalue weighted by Crippen LogP contribution is -2.34. The highest BCUT2D eigenvalue weighted by Crippen LogP contribution is 2.27. The van der Waals surface area contributed by atoms with Gasteiger partial charge < -0.3 is 10.2 Å². The molecule has 0 aliphatic carbocycles. The number of fused-ring (bicyclic) bond motifs is 1. The molecule has 3 aromatic rings. The van der Waals surface area contributed by atoms with Gasteiger partial charge in [-0.2, -0.15) is 9.78 Å². The zero-order valence-electron chi connectivity index (χ0n) is 15.6. The average Bonchev–Trinajstić information content (AvgIpc) is 3.19. The van der Waals surface area contributed by atoms with Crippen LogP contribution in [0.4, 0.5) is 17.1 Å². The number of nitro groups is 1. The molecule has 0 atom stereocenters. The van der Waals surface area contributed by atoms with E-state index in [0.29, 0.717) is 12.2 Å². The molecule has 0 radical (unpaired) electrons. The van der Waals surface area contributed by atoms with Gasteiger partial charge in [0.1, 0.15) is 5.02 Å². The Labute approximate surface area is 175 Å². The second kappa shape index (κ2) is 7.96. The van der Waals surface area contributed by atoms with Crippen molar-refractivity contribution in [2.45, 2.75) is 6.42 Å². The van der Waals surface area contributed by atoms with Gasteiger partial charge in [-0.15, -0.1) is 0 Å². The molecule has 9 nitrogen and oxygen atoms in total. The number of hydrogen-bond acceptors (Lipinski definition) is 6. The number of nitrogens with one attached hydrogen (secondary N) is 1. The summed E-state index contributed by atoms with van der Waals surface area (Å²) >= 11 is 6.19. The van der Waals surface area contributed by atoms with Gasteiger partial charge in [0.05, 0.1) is 29.0 Å². The summed E-state index contributed by atoms with van der Waals surface area (Å²) < 4.78 is 1.04. The molecule has 0 fully saturated rings. The molecular formula is C20H16ClN5O4. The topological polar surface area (TPSA) is 110 Å². The first-order valence-electron chi connectivity index (χ1n) is 9.10. The van der Waals surface area contributed by atoms with Gasteiger partial charge in [-0.1, -0.05) is 29.8 Å². The molecule has 0 bridgehead atoms. The molecule has 0 saturated heterocycles. The van der Waals surface area contributed by atoms with Crippen molar-refractivity contribution in [1.29, 1.82) is 0 Å². The fourth-order valence-electron chi connectivity index (χ4n) is 3.32. The molecule has 1 aromatic heterocycles. The summed E-state index contributed by atoms with van der Waals surface area (Å²) in [4.78, 5) is 37.1. The van der Waals surface area contributed by atoms with Crippen molar-refractivity contribution in [2.24, 2.45) is 0 Å². The third kappa shape index (κ3) is 3.62. The van der Waals surface area contributed by atoms with Crippen LogP contribution in [-0.2, 0) is 11.2 Å². The maximum atomic E-state index is 12.6. The summed E-state index contributed by atoms with van der Waals surface area (Å²) in [6.07, 6.45) is 2.14. The fraction of sp³-hybridized carbons (Fsp3) is 0.150. The minimum atomic E-state index is -0.602. The lowest BCUT2D eigenvalue weighted by Gasteiger charge is -2.18. The van der Waals surface area contributed by atoms with E-state index < -0.39 is 10.5 Å². The molecule has 10 heteroatoms. The Morgan fingerprint density at radius 2 is 1.93 bits per heavy atom. The monoisotopic (exact) mass is 425 g/mol. The Morgan fingerprint density at radius 3 is 2.67 bits per heavy atom. The van der Waals surface area contributed by atoms with Gasteiger partial charge in [0.25, 0.3) is 11.2 Å². The summed E-state index contributed by atoms with van der Waals surface area (Å²) in [5.74, 6) is -0.143. The van der Waals surface area contributed by atoms with Crippen LogP contribution in [0.2, 0.25) is 5.02 Å². The molecule has 152 valence electrons. The lowest BCUT2D eigenvalue weighted by molar-refractivity contribution is -0.384. The van der Waals surface area contributed by atoms with Crippen molar-refractivity contribution in [3.8, 4) is 5.69 Å². The number of carbonyl (C=O) groups excluding carboxylic acids is 1. The lowest BCUT2D eigenvalue weighted by atomic mass is 10.2. The van der Waals surface area contributed by atoms with Crippen LogP contribution in [0.3, 0.4) is 0 Å². The van der Waals surface area contributed by atoms with Crippen molar-refractivity contribution in [3.05, 3.63) is 85.8 Å². The molecule has 0 spiro atoms. The normalized spacial score (nSPS) is 12.5. The van der Waals surface area contributed by atoms with Crippen molar-refractivity contribution >= 4 is 34.6 Å². The van der Waals surface area contributed by atoms with E-state index in [1.165, 1.54) is 30.5 Å². The number of anilines is 2. The van der Waals surface area contributed by atoms with Gasteiger partial charge in [-0.3, -0.25) is 19.7 Å². The van der Waals surface area contributed by atoms with E-state index in [-0.39, 0.29) is 28.8 Å². The average molecular weight is 426 g/mol. The number of rotatable bonds is 5. The smallest absolute Gasteiger partial charge is 0.292 e. The largest absolute Gasteiger partial charge is 0.373 e. The highest BCUT2D eigenvalue weighted by atomic mass is 35.5. The number of aromatic nitrogens is 2. The van der Waals surface area contributed by atoms with Crippen LogP contribution < -0.4 is 15.8 Å². The quantitative estimate of drug-likeness (QED) is 0.497. The number of non-ortho nitro benzene ring substituents is 1. The minimum absolute atomic E-state index is 0.0449. The van der Waals surface area contributed by atoms with Gasteiger partial charge in [0, 0.05) is 24.4 Å². The van der Waals surface area contributed by atoms with Gasteiger partial charge in [0.2, 0.25) is 5.91 Å². The van der Waals surface area contributed by atoms with Crippen LogP contribution in [0.15, 0.2) is 59.5 Å². The van der Waals surface area contributed by atoms with Gasteiger partial charge in [0.15, 0.2) is 0 Å². The first-order valence-corrected chi connectivity index (χ1v) is 9.48. The molecule has 4 rings (SSSR count). The first-order chi connectivity index (χ1) is 14.5. The second-order valence-corrected chi connectivity index (χ2v) is 7.02. The van der Waals surface area contributed by atoms with E-state index in [0.717, 1.165) is 22.4 Å². The van der Waals surface area contributed by atoms with E-state index >= 15 is 0 Å². The number of para-hydroxylation sites is 1. The molecule has 0 unspecified atom stereocenters. The van der Waals surface area contributed by atoms with Crippen LogP contribution in [0.1, 0.15) is 5.56 Å². The van der Waals surface area contributed by atoms with Crippen LogP contribution in [-0.4, -0.2) is 33.7 Å². The van der Waals surface area contributed by atoms with E-state index in [4.69, 9.17) is 11.6 Å². The van der Waals surface area contributed by atoms with Crippen molar-refractivity contribution in [3.63, 3.8) is 0 Å². The standard InChI is InChI=1S/C20H16ClN5O4/c21-19-16(22-12-18(27)24-10-9-13-3-1-2-4-17(13)24)11-23-25(20(19)28)14-5-7-15(8-6-14)26(29)30/h1-8,11,22H,9-10,12H2. The van der Waals surface area contributed by atoms with Crippen LogP contribution in [0.25, 0.3) is 5.69 Å². The number of benzene rings is 2. The third-order valence-corrected chi connectivity index (χ3v) is 5.21. The van der Waals surface area contributed by atoms with Gasteiger partial charge in [-0.05, 0) is 30.2 Å². The number of carbonyl (C=O) groups is 1. The molecule has 2 aromatic carbocycles. The number of nitrogens with zero attached hydrogens (tertiary/aromatic N) is 4. The summed E-state index contributed by atoms with van der Waals surface area (Å²) in [5.41, 5.74) is 1.88. The van der Waals surface area contributed by atoms with Crippen LogP contribution in [0.5, 0.6) is 0 Å². The first kappa shape index (κ1) is 19.6. The Kier molecular flexibility index (Phi) is 5.20. The van der Waals surface area contributed by atoms with Gasteiger partial charge >= 0.3 is 0 Å². The number of amides is 1. The van der Waals surface area contributed by atoms with Crippen molar-refractivity contribution in [2.75, 3.05) is 23.3 Å². The minimum Gasteiger partial charge on any atom is -0.373 e. The molecule has 1 N–H and O–H groups in total. The van der Waals surface area contributed by atoms with E-state index in [1.54, 1.807) is 4.90 Å². The maximum Gasteiger partial charge on any atom is 0.292 e. The molecule has 0 saturated carbocycles. The molecule has 1 aliphatic rings. The predicted molar refractivity (Wildman–Crippen MR) is 112 cm³/mol. The van der Waals surface area contributed by atoms with Crippen molar-refractivity contribution in [1.82, 2.24) is 9.78 Å². The van der Waals surface area contributed by atoms with Crippen molar-refractivity contribution < 1.29 is 9.72 Å². The Balaban J connectivity index is 1.49. The SMILES string of the molecule is O=C(CNc1cnn(-c2ccc([N+](=O)[O-])cc2)c(=O)c1Cl)N1CCc2ccccc21. The number of nitro benzene ring substituents is 1. The highest BCUT2D eigenvalue weighted by Gasteiger charge is 2.24. The van der Waals surface area contributed by atoms with E-state index in [9.17, 15) is 19.7 Å². The second-order valence-electron chi connectivity index (χ2n) is 6.64. The molecule has 30 heavy (non-hydrogen) atoms. The maximum absolute atomic E-state index is 12.6. The molecule has 2 heterocycles. The molecule has 1 aliphatic heterocycles. The Bertz CT molecular complexity index is 1190. The van der Waals surface area contributed by atoms with Crippen LogP contribution >= 0.6 is 11.6 Å². The summed E-state index contributed by atoms with van der Waals surface area (Å²) in [7, 11) is 0. The Hall–Kier alpha value is -3.72. The van der Waals surface area contributed by atoms with E-state index in [2.05, 4.69) is 10.4 Å². The zero-order chi connectivity index (χ0) is 21.3. The summed E-state index contributed by atoms with van der Waals surface area (Å²) in [6, 6.07) is 13.1. The highest BCUT2D eigenvalue weighted by molar-refractivity contribution is 6.33. The molecule has 1 amide bonds. The fourth-order valence-corrected chi connectivity index (χ4v) is 3.51. The third-order valence-electron chi connectivity index (χ3n) is 4.84. The van der Waals surface area contributed by atoms with Gasteiger partial charge in [-0.25, -0.2) is 0 Å². The number of hydrogen-bond donors (Lipinski definition) is 1. The summed E-state index contributed by atoms with van der Waals surface area (Å²) in [6.45, 7) is 0.560. The van der Waals surface area contributed by atoms with Crippen LogP contribution in [0, 0.1) is 10.1 Å².